The van der Waals surface area contributed by atoms with E-state index in [4.69, 9.17) is 27.9 Å². The molecule has 0 aliphatic rings. The molecule has 1 amide bonds. The van der Waals surface area contributed by atoms with E-state index in [9.17, 15) is 22.9 Å². The van der Waals surface area contributed by atoms with Crippen molar-refractivity contribution in [2.45, 2.75) is 11.8 Å². The van der Waals surface area contributed by atoms with Gasteiger partial charge in [-0.05, 0) is 48.2 Å². The molecule has 0 radical (unpaired) electrons. The third-order valence-corrected chi connectivity index (χ3v) is 7.15. The highest BCUT2D eigenvalue weighted by Gasteiger charge is 2.20. The van der Waals surface area contributed by atoms with Gasteiger partial charge in [0.25, 0.3) is 16.0 Å². The van der Waals surface area contributed by atoms with Crippen LogP contribution in [0.5, 0.6) is 11.5 Å². The van der Waals surface area contributed by atoms with E-state index in [0.29, 0.717) is 27.2 Å². The number of aromatic hydroxyl groups is 1. The molecule has 4 aromatic carbocycles. The van der Waals surface area contributed by atoms with Crippen LogP contribution in [0.4, 0.5) is 17.1 Å². The van der Waals surface area contributed by atoms with Gasteiger partial charge in [0.05, 0.1) is 22.6 Å². The Hall–Kier alpha value is -3.70. The van der Waals surface area contributed by atoms with Crippen molar-refractivity contribution < 1.29 is 27.6 Å². The average molecular weight is 560 g/mol. The van der Waals surface area contributed by atoms with Gasteiger partial charge < -0.3 is 15.2 Å². The minimum Gasteiger partial charge on any atom is -0.505 e. The molecule has 0 atom stereocenters. The average Bonchev–Trinajstić information content (AvgIpc) is 2.84. The van der Waals surface area contributed by atoms with Gasteiger partial charge in [-0.2, -0.15) is 8.42 Å². The summed E-state index contributed by atoms with van der Waals surface area (Å²) in [5.41, 5.74) is 0.456. The number of phenolic OH excluding ortho intramolecular Hbond substituents is 1. The van der Waals surface area contributed by atoms with Crippen LogP contribution in [0.2, 0.25) is 10.0 Å². The number of ether oxygens (including phenoxy) is 1. The van der Waals surface area contributed by atoms with Gasteiger partial charge in [-0.1, -0.05) is 47.5 Å². The van der Waals surface area contributed by atoms with Crippen LogP contribution < -0.4 is 10.1 Å². The Morgan fingerprint density at radius 2 is 1.76 bits per heavy atom. The van der Waals surface area contributed by atoms with Gasteiger partial charge >= 0.3 is 0 Å². The van der Waals surface area contributed by atoms with Gasteiger partial charge in [-0.25, -0.2) is 0 Å². The van der Waals surface area contributed by atoms with E-state index in [1.165, 1.54) is 32.2 Å². The van der Waals surface area contributed by atoms with Crippen LogP contribution in [-0.4, -0.2) is 31.1 Å². The van der Waals surface area contributed by atoms with E-state index in [2.05, 4.69) is 15.5 Å². The minimum atomic E-state index is -4.48. The molecule has 0 bridgehead atoms. The zero-order valence-electron chi connectivity index (χ0n) is 19.4. The topological polar surface area (TPSA) is 138 Å². The molecular weight excluding hydrogens is 541 g/mol. The molecule has 12 heteroatoms. The molecule has 9 nitrogen and oxygen atoms in total. The van der Waals surface area contributed by atoms with Crippen LogP contribution >= 0.6 is 23.2 Å². The van der Waals surface area contributed by atoms with Crippen LogP contribution in [0.15, 0.2) is 75.8 Å². The van der Waals surface area contributed by atoms with Crippen LogP contribution in [0.3, 0.4) is 0 Å². The highest BCUT2D eigenvalue weighted by Crippen LogP contribution is 2.41. The molecule has 0 unspecified atom stereocenters. The number of nitrogens with one attached hydrogen (secondary N) is 1. The fourth-order valence-corrected chi connectivity index (χ4v) is 4.87. The number of fused-ring (bicyclic) bond motifs is 1. The van der Waals surface area contributed by atoms with Crippen molar-refractivity contribution in [2.24, 2.45) is 10.2 Å². The molecule has 0 fully saturated rings. The lowest BCUT2D eigenvalue weighted by Gasteiger charge is -2.12. The number of methoxy groups -OCH3 is 1. The Labute approximate surface area is 222 Å². The van der Waals surface area contributed by atoms with E-state index in [1.807, 2.05) is 0 Å². The Bertz CT molecular complexity index is 1690. The summed E-state index contributed by atoms with van der Waals surface area (Å²) in [5.74, 6) is -0.626. The molecule has 190 valence electrons. The Kier molecular flexibility index (Phi) is 7.37. The van der Waals surface area contributed by atoms with E-state index >= 15 is 0 Å². The first-order valence-corrected chi connectivity index (χ1v) is 12.8. The van der Waals surface area contributed by atoms with Crippen molar-refractivity contribution in [3.05, 3.63) is 81.8 Å². The quantitative estimate of drug-likeness (QED) is 0.170. The standard InChI is InChI=1S/C25H19Cl2N3O6S/c1-13-21(37(33,34)35)8-7-20(22(13)27)29-30-23-18-6-4-3-5-14(18)9-19(24(23)31)25(32)28-16-10-15(26)11-17(12-16)36-2/h3-12,31H,1-2H3,(H,28,32)(H,33,34,35). The van der Waals surface area contributed by atoms with Crippen LogP contribution in [0.1, 0.15) is 15.9 Å². The summed E-state index contributed by atoms with van der Waals surface area (Å²) in [6, 6.07) is 15.5. The third-order valence-electron chi connectivity index (χ3n) is 5.46. The number of amides is 1. The van der Waals surface area contributed by atoms with Gasteiger partial charge in [0, 0.05) is 22.2 Å². The number of anilines is 1. The van der Waals surface area contributed by atoms with Crippen molar-refractivity contribution >= 4 is 67.1 Å². The minimum absolute atomic E-state index is 0.000462. The second-order valence-corrected chi connectivity index (χ2v) is 10.1. The predicted octanol–water partition coefficient (Wildman–Crippen LogP) is 7.08. The zero-order chi connectivity index (χ0) is 26.9. The monoisotopic (exact) mass is 559 g/mol. The molecule has 0 aliphatic carbocycles. The van der Waals surface area contributed by atoms with Crippen LogP contribution in [0.25, 0.3) is 10.8 Å². The number of phenols is 1. The van der Waals surface area contributed by atoms with E-state index in [-0.39, 0.29) is 32.4 Å². The largest absolute Gasteiger partial charge is 0.505 e. The predicted molar refractivity (Wildman–Crippen MR) is 142 cm³/mol. The SMILES string of the molecule is COc1cc(Cl)cc(NC(=O)c2cc3ccccc3c(N=Nc3ccc(S(=O)(=O)O)c(C)c3Cl)c2O)c1. The number of carbonyl (C=O) groups is 1. The lowest BCUT2D eigenvalue weighted by molar-refractivity contribution is 0.102. The summed E-state index contributed by atoms with van der Waals surface area (Å²) in [6.45, 7) is 1.41. The van der Waals surface area contributed by atoms with Gasteiger partial charge in [0.2, 0.25) is 0 Å². The molecule has 0 saturated carbocycles. The van der Waals surface area contributed by atoms with E-state index in [0.717, 1.165) is 6.07 Å². The number of carbonyl (C=O) groups excluding carboxylic acids is 1. The molecule has 4 aromatic rings. The molecule has 4 rings (SSSR count). The normalized spacial score (nSPS) is 11.7. The number of hydrogen-bond donors (Lipinski definition) is 3. The Balaban J connectivity index is 1.78. The van der Waals surface area contributed by atoms with Crippen molar-refractivity contribution in [3.8, 4) is 11.5 Å². The molecule has 0 aliphatic heterocycles. The lowest BCUT2D eigenvalue weighted by Crippen LogP contribution is -2.12. The van der Waals surface area contributed by atoms with Crippen molar-refractivity contribution in [3.63, 3.8) is 0 Å². The maximum absolute atomic E-state index is 13.1. The molecule has 0 aromatic heterocycles. The lowest BCUT2D eigenvalue weighted by atomic mass is 10.0. The number of halogens is 2. The summed E-state index contributed by atoms with van der Waals surface area (Å²) >= 11 is 12.3. The summed E-state index contributed by atoms with van der Waals surface area (Å²) in [6.07, 6.45) is 0. The van der Waals surface area contributed by atoms with Crippen molar-refractivity contribution in [2.75, 3.05) is 12.4 Å². The number of azo groups is 1. The molecule has 0 spiro atoms. The van der Waals surface area contributed by atoms with E-state index < -0.39 is 21.8 Å². The van der Waals surface area contributed by atoms with E-state index in [1.54, 1.807) is 36.4 Å². The van der Waals surface area contributed by atoms with Gasteiger partial charge in [0.1, 0.15) is 17.1 Å². The molecular formula is C25H19Cl2N3O6S. The summed E-state index contributed by atoms with van der Waals surface area (Å²) in [4.78, 5) is 12.8. The zero-order valence-corrected chi connectivity index (χ0v) is 21.7. The molecule has 0 heterocycles. The Morgan fingerprint density at radius 3 is 2.46 bits per heavy atom. The van der Waals surface area contributed by atoms with Crippen LogP contribution in [-0.2, 0) is 10.1 Å². The van der Waals surface area contributed by atoms with Crippen molar-refractivity contribution in [1.29, 1.82) is 0 Å². The highest BCUT2D eigenvalue weighted by molar-refractivity contribution is 7.85. The molecule has 3 N–H and O–H groups in total. The third kappa shape index (κ3) is 5.52. The fourth-order valence-electron chi connectivity index (χ4n) is 3.66. The maximum atomic E-state index is 13.1. The summed E-state index contributed by atoms with van der Waals surface area (Å²) in [7, 11) is -3.01. The first kappa shape index (κ1) is 26.4. The van der Waals surface area contributed by atoms with Crippen LogP contribution in [0, 0.1) is 6.92 Å². The second kappa shape index (κ2) is 10.3. The second-order valence-electron chi connectivity index (χ2n) is 7.87. The first-order valence-electron chi connectivity index (χ1n) is 10.6. The molecule has 37 heavy (non-hydrogen) atoms. The Morgan fingerprint density at radius 1 is 1.03 bits per heavy atom. The molecule has 0 saturated heterocycles. The number of benzene rings is 4. The van der Waals surface area contributed by atoms with Gasteiger partial charge in [-0.3, -0.25) is 9.35 Å². The van der Waals surface area contributed by atoms with Crippen molar-refractivity contribution in [1.82, 2.24) is 0 Å². The van der Waals surface area contributed by atoms with Gasteiger partial charge in [0.15, 0.2) is 5.75 Å². The highest BCUT2D eigenvalue weighted by atomic mass is 35.5. The number of nitrogens with zero attached hydrogens (tertiary/aromatic N) is 2. The maximum Gasteiger partial charge on any atom is 0.294 e. The van der Waals surface area contributed by atoms with Gasteiger partial charge in [-0.15, -0.1) is 10.2 Å². The number of hydrogen-bond acceptors (Lipinski definition) is 7. The smallest absolute Gasteiger partial charge is 0.294 e. The summed E-state index contributed by atoms with van der Waals surface area (Å²) in [5, 5.41) is 23.3. The summed E-state index contributed by atoms with van der Waals surface area (Å²) < 4.78 is 37.6. The number of rotatable bonds is 6. The first-order chi connectivity index (χ1) is 17.5. The fraction of sp³-hybridized carbons (Fsp3) is 0.0800.